The molecular weight excluding hydrogens is 364 g/mol. The molecule has 0 aliphatic heterocycles. The van der Waals surface area contributed by atoms with Crippen molar-refractivity contribution in [3.05, 3.63) is 88.0 Å². The quantitative estimate of drug-likeness (QED) is 0.676. The normalized spacial score (nSPS) is 14.3. The first-order valence-electron chi connectivity index (χ1n) is 9.84. The molecule has 0 saturated heterocycles. The molecule has 148 valence electrons. The molecule has 1 aromatic heterocycles. The molecule has 1 aliphatic carbocycles. The second-order valence-electron chi connectivity index (χ2n) is 7.48. The molecule has 0 spiro atoms. The molecule has 1 heterocycles. The zero-order valence-electron chi connectivity index (χ0n) is 16.6. The Balaban J connectivity index is 1.64. The minimum atomic E-state index is -0.252. The Hall–Kier alpha value is -3.41. The maximum Gasteiger partial charge on any atom is 0.297 e. The van der Waals surface area contributed by atoms with Gasteiger partial charge in [0.05, 0.1) is 11.7 Å². The largest absolute Gasteiger partial charge is 0.359 e. The van der Waals surface area contributed by atoms with E-state index in [4.69, 9.17) is 0 Å². The monoisotopic (exact) mass is 388 g/mol. The number of amides is 1. The van der Waals surface area contributed by atoms with Crippen LogP contribution in [0.4, 0.5) is 5.82 Å². The van der Waals surface area contributed by atoms with Crippen LogP contribution in [0, 0.1) is 6.92 Å². The van der Waals surface area contributed by atoms with Gasteiger partial charge in [0.25, 0.3) is 11.5 Å². The lowest BCUT2D eigenvalue weighted by Crippen LogP contribution is -2.27. The number of carbonyl (C=O) groups is 1. The molecule has 0 radical (unpaired) electrons. The Bertz CT molecular complexity index is 1090. The molecule has 6 heteroatoms. The Morgan fingerprint density at radius 1 is 1.17 bits per heavy atom. The van der Waals surface area contributed by atoms with Crippen LogP contribution in [0.2, 0.25) is 0 Å². The SMILES string of the molecule is Cc1ccc(C(=O)NC2CC2)cc1-n1ccnc(N[C@H](C)c2ccccc2)c1=O. The van der Waals surface area contributed by atoms with E-state index in [-0.39, 0.29) is 29.4 Å². The first kappa shape index (κ1) is 18.9. The van der Waals surface area contributed by atoms with Gasteiger partial charge in [0.15, 0.2) is 5.82 Å². The number of anilines is 1. The third kappa shape index (κ3) is 4.21. The van der Waals surface area contributed by atoms with Gasteiger partial charge in [-0.3, -0.25) is 14.2 Å². The number of nitrogens with zero attached hydrogens (tertiary/aromatic N) is 2. The molecule has 3 aromatic rings. The van der Waals surface area contributed by atoms with Crippen molar-refractivity contribution >= 4 is 11.7 Å². The number of nitrogens with one attached hydrogen (secondary N) is 2. The summed E-state index contributed by atoms with van der Waals surface area (Å²) >= 11 is 0. The fourth-order valence-electron chi connectivity index (χ4n) is 3.24. The number of aromatic nitrogens is 2. The summed E-state index contributed by atoms with van der Waals surface area (Å²) in [6.45, 7) is 3.91. The van der Waals surface area contributed by atoms with E-state index in [1.807, 2.05) is 50.2 Å². The van der Waals surface area contributed by atoms with Crippen LogP contribution in [0.5, 0.6) is 0 Å². The van der Waals surface area contributed by atoms with Gasteiger partial charge in [-0.05, 0) is 49.9 Å². The van der Waals surface area contributed by atoms with Crippen LogP contribution in [-0.4, -0.2) is 21.5 Å². The molecule has 6 nitrogen and oxygen atoms in total. The molecule has 29 heavy (non-hydrogen) atoms. The minimum absolute atomic E-state index is 0.0657. The second kappa shape index (κ2) is 7.91. The van der Waals surface area contributed by atoms with Gasteiger partial charge in [0.1, 0.15) is 0 Å². The van der Waals surface area contributed by atoms with Gasteiger partial charge in [-0.15, -0.1) is 0 Å². The summed E-state index contributed by atoms with van der Waals surface area (Å²) in [4.78, 5) is 29.8. The fourth-order valence-corrected chi connectivity index (χ4v) is 3.24. The highest BCUT2D eigenvalue weighted by Gasteiger charge is 2.24. The van der Waals surface area contributed by atoms with Gasteiger partial charge in [-0.25, -0.2) is 4.98 Å². The Labute approximate surface area is 169 Å². The number of aryl methyl sites for hydroxylation is 1. The molecular formula is C23H24N4O2. The number of carbonyl (C=O) groups excluding carboxylic acids is 1. The van der Waals surface area contributed by atoms with Crippen LogP contribution in [0.15, 0.2) is 65.7 Å². The predicted molar refractivity (Wildman–Crippen MR) is 114 cm³/mol. The Kier molecular flexibility index (Phi) is 5.16. The van der Waals surface area contributed by atoms with E-state index in [9.17, 15) is 9.59 Å². The summed E-state index contributed by atoms with van der Waals surface area (Å²) in [6.07, 6.45) is 5.29. The van der Waals surface area contributed by atoms with E-state index < -0.39 is 0 Å². The van der Waals surface area contributed by atoms with Gasteiger partial charge in [-0.1, -0.05) is 36.4 Å². The average molecular weight is 388 g/mol. The van der Waals surface area contributed by atoms with Crippen molar-refractivity contribution in [3.8, 4) is 5.69 Å². The molecule has 1 amide bonds. The fraction of sp³-hybridized carbons (Fsp3) is 0.261. The van der Waals surface area contributed by atoms with Crippen molar-refractivity contribution in [2.45, 2.75) is 38.8 Å². The van der Waals surface area contributed by atoms with Gasteiger partial charge < -0.3 is 10.6 Å². The summed E-state index contributed by atoms with van der Waals surface area (Å²) in [7, 11) is 0. The Morgan fingerprint density at radius 3 is 2.66 bits per heavy atom. The van der Waals surface area contributed by atoms with Crippen LogP contribution in [0.25, 0.3) is 5.69 Å². The molecule has 1 atom stereocenters. The highest BCUT2D eigenvalue weighted by atomic mass is 16.2. The number of hydrogen-bond acceptors (Lipinski definition) is 4. The summed E-state index contributed by atoms with van der Waals surface area (Å²) in [6, 6.07) is 15.5. The first-order valence-corrected chi connectivity index (χ1v) is 9.84. The van der Waals surface area contributed by atoms with E-state index in [0.29, 0.717) is 11.3 Å². The molecule has 0 bridgehead atoms. The van der Waals surface area contributed by atoms with Crippen molar-refractivity contribution in [2.75, 3.05) is 5.32 Å². The van der Waals surface area contributed by atoms with E-state index in [1.165, 1.54) is 4.57 Å². The molecule has 2 N–H and O–H groups in total. The van der Waals surface area contributed by atoms with Crippen LogP contribution < -0.4 is 16.2 Å². The summed E-state index contributed by atoms with van der Waals surface area (Å²) in [5, 5.41) is 6.19. The van der Waals surface area contributed by atoms with Gasteiger partial charge >= 0.3 is 0 Å². The lowest BCUT2D eigenvalue weighted by Gasteiger charge is -2.16. The van der Waals surface area contributed by atoms with E-state index in [2.05, 4.69) is 15.6 Å². The highest BCUT2D eigenvalue weighted by Crippen LogP contribution is 2.21. The molecule has 0 unspecified atom stereocenters. The van der Waals surface area contributed by atoms with Crippen LogP contribution in [0.1, 0.15) is 47.3 Å². The summed E-state index contributed by atoms with van der Waals surface area (Å²) < 4.78 is 1.54. The number of hydrogen-bond donors (Lipinski definition) is 2. The van der Waals surface area contributed by atoms with E-state index >= 15 is 0 Å². The second-order valence-corrected chi connectivity index (χ2v) is 7.48. The van der Waals surface area contributed by atoms with Gasteiger partial charge in [-0.2, -0.15) is 0 Å². The van der Waals surface area contributed by atoms with Crippen molar-refractivity contribution in [3.63, 3.8) is 0 Å². The zero-order valence-corrected chi connectivity index (χ0v) is 16.6. The van der Waals surface area contributed by atoms with Crippen molar-refractivity contribution in [1.82, 2.24) is 14.9 Å². The average Bonchev–Trinajstić information content (AvgIpc) is 3.55. The van der Waals surface area contributed by atoms with Crippen molar-refractivity contribution in [1.29, 1.82) is 0 Å². The topological polar surface area (TPSA) is 76.0 Å². The number of benzene rings is 2. The van der Waals surface area contributed by atoms with Crippen molar-refractivity contribution in [2.24, 2.45) is 0 Å². The molecule has 4 rings (SSSR count). The maximum absolute atomic E-state index is 13.1. The van der Waals surface area contributed by atoms with Gasteiger partial charge in [0.2, 0.25) is 0 Å². The van der Waals surface area contributed by atoms with Crippen LogP contribution >= 0.6 is 0 Å². The van der Waals surface area contributed by atoms with Gasteiger partial charge in [0, 0.05) is 24.0 Å². The first-order chi connectivity index (χ1) is 14.0. The lowest BCUT2D eigenvalue weighted by atomic mass is 10.1. The van der Waals surface area contributed by atoms with Crippen LogP contribution in [0.3, 0.4) is 0 Å². The molecule has 1 saturated carbocycles. The standard InChI is InChI=1S/C23H24N4O2/c1-15-8-9-18(22(28)26-19-10-11-19)14-20(15)27-13-12-24-21(23(27)29)25-16(2)17-6-4-3-5-7-17/h3-9,12-14,16,19H,10-11H2,1-2H3,(H,24,25)(H,26,28)/t16-/m1/s1. The third-order valence-electron chi connectivity index (χ3n) is 5.14. The molecule has 1 aliphatic rings. The molecule has 2 aromatic carbocycles. The third-order valence-corrected chi connectivity index (χ3v) is 5.14. The predicted octanol–water partition coefficient (Wildman–Crippen LogP) is 3.61. The summed E-state index contributed by atoms with van der Waals surface area (Å²) in [5.41, 5.74) is 2.95. The maximum atomic E-state index is 13.1. The zero-order chi connectivity index (χ0) is 20.4. The Morgan fingerprint density at radius 2 is 1.93 bits per heavy atom. The van der Waals surface area contributed by atoms with E-state index in [1.54, 1.807) is 24.5 Å². The molecule has 1 fully saturated rings. The summed E-state index contributed by atoms with van der Waals surface area (Å²) in [5.74, 6) is 0.169. The smallest absolute Gasteiger partial charge is 0.297 e. The minimum Gasteiger partial charge on any atom is -0.359 e. The lowest BCUT2D eigenvalue weighted by molar-refractivity contribution is 0.0951. The van der Waals surface area contributed by atoms with Crippen LogP contribution in [-0.2, 0) is 0 Å². The van der Waals surface area contributed by atoms with Crippen molar-refractivity contribution < 1.29 is 4.79 Å². The number of rotatable bonds is 6. The highest BCUT2D eigenvalue weighted by molar-refractivity contribution is 5.95. The van der Waals surface area contributed by atoms with E-state index in [0.717, 1.165) is 24.0 Å².